The first-order chi connectivity index (χ1) is 15.1. The van der Waals surface area contributed by atoms with E-state index in [2.05, 4.69) is 4.18 Å². The minimum atomic E-state index is -3.62. The fourth-order valence-corrected chi connectivity index (χ4v) is 2.99. The summed E-state index contributed by atoms with van der Waals surface area (Å²) >= 11 is 0. The molecule has 4 rings (SSSR count). The predicted molar refractivity (Wildman–Crippen MR) is 104 cm³/mol. The summed E-state index contributed by atoms with van der Waals surface area (Å²) in [6.07, 6.45) is -0.973. The highest BCUT2D eigenvalue weighted by molar-refractivity contribution is 7.85. The third kappa shape index (κ3) is 5.32. The van der Waals surface area contributed by atoms with Crippen molar-refractivity contribution in [1.82, 2.24) is 0 Å². The summed E-state index contributed by atoms with van der Waals surface area (Å²) in [4.78, 5) is 20.1. The SMILES string of the molecule is CS(=O)(=O)OCC1Oc2cccc([N+](=O)[O-])c2O1.O=[N+]([O-])c1cccc2c1OC(CO)O2. The molecular formula is C17H16N2O12S. The summed E-state index contributed by atoms with van der Waals surface area (Å²) in [6.45, 7) is -0.712. The molecule has 2 aliphatic rings. The van der Waals surface area contributed by atoms with Crippen LogP contribution >= 0.6 is 0 Å². The molecule has 2 aliphatic heterocycles. The number of aliphatic hydroxyl groups excluding tert-OH is 1. The number of fused-ring (bicyclic) bond motifs is 2. The van der Waals surface area contributed by atoms with Gasteiger partial charge in [-0.3, -0.25) is 24.4 Å². The highest BCUT2D eigenvalue weighted by Gasteiger charge is 2.32. The molecule has 0 fully saturated rings. The van der Waals surface area contributed by atoms with Gasteiger partial charge in [0.1, 0.15) is 13.2 Å². The molecule has 2 aromatic carbocycles. The highest BCUT2D eigenvalue weighted by Crippen LogP contribution is 2.42. The molecule has 1 N–H and O–H groups in total. The van der Waals surface area contributed by atoms with Crippen molar-refractivity contribution in [1.29, 1.82) is 0 Å². The van der Waals surface area contributed by atoms with Crippen LogP contribution in [0.15, 0.2) is 36.4 Å². The second kappa shape index (κ2) is 9.21. The van der Waals surface area contributed by atoms with Gasteiger partial charge in [-0.05, 0) is 12.1 Å². The summed E-state index contributed by atoms with van der Waals surface area (Å²) in [7, 11) is -3.62. The topological polar surface area (TPSA) is 187 Å². The van der Waals surface area contributed by atoms with Crippen molar-refractivity contribution >= 4 is 21.5 Å². The van der Waals surface area contributed by atoms with Gasteiger partial charge in [-0.25, -0.2) is 0 Å². The van der Waals surface area contributed by atoms with Crippen molar-refractivity contribution in [3.63, 3.8) is 0 Å². The molecule has 2 atom stereocenters. The maximum absolute atomic E-state index is 10.8. The van der Waals surface area contributed by atoms with Crippen LogP contribution in [0, 0.1) is 20.2 Å². The van der Waals surface area contributed by atoms with Crippen LogP contribution in [0.3, 0.4) is 0 Å². The molecule has 172 valence electrons. The van der Waals surface area contributed by atoms with Crippen LogP contribution in [-0.2, 0) is 14.3 Å². The Labute approximate surface area is 180 Å². The molecule has 0 spiro atoms. The minimum absolute atomic E-state index is 0.0235. The number of nitro benzene ring substituents is 2. The molecule has 0 saturated heterocycles. The van der Waals surface area contributed by atoms with E-state index in [4.69, 9.17) is 24.1 Å². The molecule has 0 saturated carbocycles. The van der Waals surface area contributed by atoms with Crippen molar-refractivity contribution in [2.45, 2.75) is 12.6 Å². The molecule has 0 aromatic heterocycles. The second-order valence-corrected chi connectivity index (χ2v) is 7.87. The molecule has 2 unspecified atom stereocenters. The lowest BCUT2D eigenvalue weighted by Crippen LogP contribution is -2.26. The van der Waals surface area contributed by atoms with E-state index in [0.717, 1.165) is 6.26 Å². The van der Waals surface area contributed by atoms with Crippen molar-refractivity contribution in [2.75, 3.05) is 19.5 Å². The summed E-state index contributed by atoms with van der Waals surface area (Å²) in [5.41, 5.74) is -0.396. The molecule has 32 heavy (non-hydrogen) atoms. The van der Waals surface area contributed by atoms with Crippen LogP contribution in [0.5, 0.6) is 23.0 Å². The number of para-hydroxylation sites is 2. The number of benzene rings is 2. The van der Waals surface area contributed by atoms with E-state index in [1.807, 2.05) is 0 Å². The van der Waals surface area contributed by atoms with Gasteiger partial charge in [0, 0.05) is 12.1 Å². The van der Waals surface area contributed by atoms with Gasteiger partial charge in [-0.2, -0.15) is 8.42 Å². The Kier molecular flexibility index (Phi) is 6.61. The lowest BCUT2D eigenvalue weighted by atomic mass is 10.3. The summed E-state index contributed by atoms with van der Waals surface area (Å²) < 4.78 is 46.5. The lowest BCUT2D eigenvalue weighted by Gasteiger charge is -2.08. The molecule has 0 radical (unpaired) electrons. The van der Waals surface area contributed by atoms with Crippen molar-refractivity contribution in [3.05, 3.63) is 56.6 Å². The standard InChI is InChI=1S/C9H9NO7S.C8H7NO5/c1-18(13,14)15-5-8-16-7-4-2-3-6(10(11)12)9(7)17-8;10-4-7-13-6-3-1-2-5(9(11)12)8(6)14-7/h2-4,8H,5H2,1H3;1-3,7,10H,4H2. The third-order valence-electron chi connectivity index (χ3n) is 3.89. The fourth-order valence-electron chi connectivity index (χ4n) is 2.63. The monoisotopic (exact) mass is 472 g/mol. The van der Waals surface area contributed by atoms with Crippen LogP contribution in [-0.4, -0.2) is 55.4 Å². The average Bonchev–Trinajstić information content (AvgIpc) is 3.34. The molecular weight excluding hydrogens is 456 g/mol. The maximum Gasteiger partial charge on any atom is 0.315 e. The normalized spacial score (nSPS) is 17.9. The number of hydrogen-bond acceptors (Lipinski definition) is 12. The first kappa shape index (κ1) is 23.0. The van der Waals surface area contributed by atoms with Gasteiger partial charge < -0.3 is 24.1 Å². The van der Waals surface area contributed by atoms with E-state index in [1.165, 1.54) is 30.3 Å². The Morgan fingerprint density at radius 3 is 1.81 bits per heavy atom. The quantitative estimate of drug-likeness (QED) is 0.362. The maximum atomic E-state index is 10.8. The zero-order chi connectivity index (χ0) is 23.5. The number of nitrogens with zero attached hydrogens (tertiary/aromatic N) is 2. The second-order valence-electron chi connectivity index (χ2n) is 6.22. The molecule has 0 bridgehead atoms. The summed E-state index contributed by atoms with van der Waals surface area (Å²) in [5.74, 6) is 0.533. The van der Waals surface area contributed by atoms with Crippen molar-refractivity contribution in [3.8, 4) is 23.0 Å². The minimum Gasteiger partial charge on any atom is -0.448 e. The van der Waals surface area contributed by atoms with E-state index >= 15 is 0 Å². The molecule has 2 heterocycles. The van der Waals surface area contributed by atoms with Crippen molar-refractivity contribution < 1.29 is 46.5 Å². The number of hydrogen-bond donors (Lipinski definition) is 1. The first-order valence-corrected chi connectivity index (χ1v) is 10.6. The number of nitro groups is 2. The largest absolute Gasteiger partial charge is 0.448 e. The average molecular weight is 472 g/mol. The van der Waals surface area contributed by atoms with Crippen LogP contribution < -0.4 is 18.9 Å². The lowest BCUT2D eigenvalue weighted by molar-refractivity contribution is -0.386. The summed E-state index contributed by atoms with van der Waals surface area (Å²) in [5, 5.41) is 30.0. The Bertz CT molecular complexity index is 1140. The number of aliphatic hydroxyl groups is 1. The van der Waals surface area contributed by atoms with Crippen LogP contribution in [0.25, 0.3) is 0 Å². The third-order valence-corrected chi connectivity index (χ3v) is 4.46. The Morgan fingerprint density at radius 1 is 0.906 bits per heavy atom. The highest BCUT2D eigenvalue weighted by atomic mass is 32.2. The predicted octanol–water partition coefficient (Wildman–Crippen LogP) is 1.35. The molecule has 14 nitrogen and oxygen atoms in total. The van der Waals surface area contributed by atoms with Gasteiger partial charge in [0.25, 0.3) is 22.7 Å². The van der Waals surface area contributed by atoms with Crippen LogP contribution in [0.2, 0.25) is 0 Å². The van der Waals surface area contributed by atoms with Gasteiger partial charge in [0.05, 0.1) is 16.1 Å². The Hall–Kier alpha value is -3.69. The van der Waals surface area contributed by atoms with Crippen LogP contribution in [0.4, 0.5) is 11.4 Å². The van der Waals surface area contributed by atoms with Crippen LogP contribution in [0.1, 0.15) is 0 Å². The van der Waals surface area contributed by atoms with Gasteiger partial charge in [-0.1, -0.05) is 12.1 Å². The molecule has 0 aliphatic carbocycles. The van der Waals surface area contributed by atoms with Gasteiger partial charge >= 0.3 is 11.4 Å². The van der Waals surface area contributed by atoms with E-state index in [0.29, 0.717) is 5.75 Å². The fraction of sp³-hybridized carbons (Fsp3) is 0.294. The van der Waals surface area contributed by atoms with E-state index in [9.17, 15) is 28.6 Å². The van der Waals surface area contributed by atoms with E-state index < -0.39 is 32.5 Å². The van der Waals surface area contributed by atoms with Gasteiger partial charge in [-0.15, -0.1) is 0 Å². The Morgan fingerprint density at radius 2 is 1.38 bits per heavy atom. The zero-order valence-corrected chi connectivity index (χ0v) is 17.1. The number of ether oxygens (including phenoxy) is 4. The van der Waals surface area contributed by atoms with Crippen molar-refractivity contribution in [2.24, 2.45) is 0 Å². The number of rotatable bonds is 6. The van der Waals surface area contributed by atoms with Gasteiger partial charge in [0.2, 0.25) is 11.5 Å². The molecule has 15 heteroatoms. The Balaban J connectivity index is 0.000000186. The molecule has 0 amide bonds. The summed E-state index contributed by atoms with van der Waals surface area (Å²) in [6, 6.07) is 8.57. The van der Waals surface area contributed by atoms with Gasteiger partial charge in [0.15, 0.2) is 11.5 Å². The first-order valence-electron chi connectivity index (χ1n) is 8.75. The smallest absolute Gasteiger partial charge is 0.315 e. The van der Waals surface area contributed by atoms with E-state index in [-0.39, 0.29) is 41.8 Å². The van der Waals surface area contributed by atoms with E-state index in [1.54, 1.807) is 6.07 Å². The zero-order valence-electron chi connectivity index (χ0n) is 16.3. The molecule has 2 aromatic rings.